The smallest absolute Gasteiger partial charge is 0.543 e. The van der Waals surface area contributed by atoms with Gasteiger partial charge < -0.3 is 15.2 Å². The maximum atomic E-state index is 12.6. The molecule has 2 aromatic heterocycles. The second-order valence-electron chi connectivity index (χ2n) is 6.67. The van der Waals surface area contributed by atoms with E-state index in [2.05, 4.69) is 20.8 Å². The molecule has 2 amide bonds. The number of allylic oxidation sites excluding steroid dienone is 1. The first-order valence-corrected chi connectivity index (χ1v) is 12.1. The fourth-order valence-electron chi connectivity index (χ4n) is 3.21. The molecule has 4 heterocycles. The van der Waals surface area contributed by atoms with Crippen LogP contribution in [0.1, 0.15) is 4.88 Å². The molecule has 0 saturated carbocycles. The second kappa shape index (κ2) is 11.0. The van der Waals surface area contributed by atoms with E-state index in [1.165, 1.54) is 44.4 Å². The molecule has 0 radical (unpaired) electrons. The number of aromatic nitrogens is 4. The van der Waals surface area contributed by atoms with E-state index in [9.17, 15) is 19.5 Å². The first kappa shape index (κ1) is 25.0. The standard InChI is InChI=1S/C18H18N6O4S3.Na/c1-23-18(20-21-22-23)30-7-2-4-10-9-31-16-13(15(26)24(16)14(10)17(27)28)19-12(25)8-11-5-3-6-29-11;/h2-6,13,16H,7-9H2,1H3,(H,19,25)(H,27,28);/q;+1/p-1/b4-2+;/t13-,16-;/m1./s1. The van der Waals surface area contributed by atoms with Crippen molar-refractivity contribution < 1.29 is 49.0 Å². The number of amides is 2. The van der Waals surface area contributed by atoms with Gasteiger partial charge in [-0.15, -0.1) is 28.2 Å². The number of nitrogens with one attached hydrogen (secondary N) is 1. The summed E-state index contributed by atoms with van der Waals surface area (Å²) in [5, 5.41) is 27.7. The summed E-state index contributed by atoms with van der Waals surface area (Å²) in [6.07, 6.45) is 3.67. The summed E-state index contributed by atoms with van der Waals surface area (Å²) in [5.74, 6) is -1.20. The van der Waals surface area contributed by atoms with Crippen molar-refractivity contribution in [1.82, 2.24) is 30.4 Å². The van der Waals surface area contributed by atoms with Gasteiger partial charge in [0.2, 0.25) is 11.1 Å². The van der Waals surface area contributed by atoms with Crippen molar-refractivity contribution >= 4 is 52.6 Å². The van der Waals surface area contributed by atoms with Crippen LogP contribution in [0.15, 0.2) is 46.1 Å². The number of hydrogen-bond donors (Lipinski definition) is 1. The molecule has 0 aromatic carbocycles. The molecule has 0 unspecified atom stereocenters. The molecule has 2 atom stereocenters. The number of aliphatic carboxylic acids is 1. The molecule has 2 aliphatic heterocycles. The van der Waals surface area contributed by atoms with Crippen LogP contribution in [0.5, 0.6) is 0 Å². The number of hydrogen-bond acceptors (Lipinski definition) is 10. The van der Waals surface area contributed by atoms with Gasteiger partial charge in [0.05, 0.1) is 18.1 Å². The third-order valence-corrected chi connectivity index (χ3v) is 7.77. The van der Waals surface area contributed by atoms with E-state index in [0.717, 1.165) is 4.88 Å². The predicted octanol–water partition coefficient (Wildman–Crippen LogP) is -3.43. The van der Waals surface area contributed by atoms with E-state index in [4.69, 9.17) is 0 Å². The van der Waals surface area contributed by atoms with E-state index in [1.54, 1.807) is 19.2 Å². The summed E-state index contributed by atoms with van der Waals surface area (Å²) >= 11 is 4.27. The summed E-state index contributed by atoms with van der Waals surface area (Å²) in [6.45, 7) is 0. The normalized spacial score (nSPS) is 20.0. The van der Waals surface area contributed by atoms with Crippen molar-refractivity contribution in [1.29, 1.82) is 0 Å². The molecule has 1 N–H and O–H groups in total. The summed E-state index contributed by atoms with van der Waals surface area (Å²) < 4.78 is 1.54. The zero-order valence-corrected chi connectivity index (χ0v) is 21.7. The Labute approximate surface area is 218 Å². The Morgan fingerprint density at radius 1 is 1.44 bits per heavy atom. The van der Waals surface area contributed by atoms with Gasteiger partial charge in [-0.3, -0.25) is 14.5 Å². The molecule has 2 aromatic rings. The molecule has 2 aliphatic rings. The van der Waals surface area contributed by atoms with Gasteiger partial charge >= 0.3 is 29.6 Å². The number of carboxylic acid groups (broad SMARTS) is 1. The van der Waals surface area contributed by atoms with Crippen LogP contribution in [-0.2, 0) is 27.9 Å². The summed E-state index contributed by atoms with van der Waals surface area (Å²) in [5.41, 5.74) is 0.355. The van der Waals surface area contributed by atoms with Crippen molar-refractivity contribution in [3.63, 3.8) is 0 Å². The first-order valence-electron chi connectivity index (χ1n) is 9.18. The molecule has 0 bridgehead atoms. The molecule has 4 rings (SSSR count). The number of aryl methyl sites for hydroxylation is 1. The molecule has 1 fully saturated rings. The Hall–Kier alpha value is -1.64. The molecule has 162 valence electrons. The Morgan fingerprint density at radius 2 is 2.25 bits per heavy atom. The van der Waals surface area contributed by atoms with E-state index in [-0.39, 0.29) is 47.6 Å². The minimum Gasteiger partial charge on any atom is -0.543 e. The third-order valence-electron chi connectivity index (χ3n) is 4.63. The van der Waals surface area contributed by atoms with E-state index >= 15 is 0 Å². The van der Waals surface area contributed by atoms with Gasteiger partial charge in [-0.1, -0.05) is 30.0 Å². The van der Waals surface area contributed by atoms with E-state index in [0.29, 0.717) is 22.2 Å². The fraction of sp³-hybridized carbons (Fsp3) is 0.333. The van der Waals surface area contributed by atoms with Crippen molar-refractivity contribution in [2.75, 3.05) is 11.5 Å². The maximum absolute atomic E-state index is 12.6. The predicted molar refractivity (Wildman–Crippen MR) is 114 cm³/mol. The number of thioether (sulfide) groups is 2. The summed E-state index contributed by atoms with van der Waals surface area (Å²) in [7, 11) is 1.73. The van der Waals surface area contributed by atoms with E-state index in [1.807, 2.05) is 17.5 Å². The van der Waals surface area contributed by atoms with Crippen LogP contribution >= 0.6 is 34.9 Å². The first-order chi connectivity index (χ1) is 15.0. The average Bonchev–Trinajstić information content (AvgIpc) is 3.40. The number of carbonyl (C=O) groups is 3. The average molecular weight is 501 g/mol. The summed E-state index contributed by atoms with van der Waals surface area (Å²) in [6, 6.07) is 2.97. The van der Waals surface area contributed by atoms with Crippen molar-refractivity contribution in [2.24, 2.45) is 7.05 Å². The Bertz CT molecular complexity index is 1070. The zero-order chi connectivity index (χ0) is 22.0. The van der Waals surface area contributed by atoms with Crippen LogP contribution in [-0.4, -0.2) is 65.8 Å². The van der Waals surface area contributed by atoms with Crippen LogP contribution in [0, 0.1) is 0 Å². The minimum atomic E-state index is -1.41. The van der Waals surface area contributed by atoms with Crippen LogP contribution in [0.25, 0.3) is 0 Å². The van der Waals surface area contributed by atoms with Gasteiger partial charge in [0.25, 0.3) is 5.91 Å². The molecule has 1 saturated heterocycles. The Kier molecular flexibility index (Phi) is 8.58. The molecule has 0 aliphatic carbocycles. The van der Waals surface area contributed by atoms with Crippen LogP contribution in [0.4, 0.5) is 0 Å². The van der Waals surface area contributed by atoms with Crippen LogP contribution in [0.2, 0.25) is 0 Å². The van der Waals surface area contributed by atoms with Crippen molar-refractivity contribution in [3.8, 4) is 0 Å². The molecule has 32 heavy (non-hydrogen) atoms. The Balaban J connectivity index is 0.00000289. The quantitative estimate of drug-likeness (QED) is 0.223. The van der Waals surface area contributed by atoms with Crippen LogP contribution < -0.4 is 40.0 Å². The largest absolute Gasteiger partial charge is 1.00 e. The number of carboxylic acids is 1. The van der Waals surface area contributed by atoms with Crippen LogP contribution in [0.3, 0.4) is 0 Å². The van der Waals surface area contributed by atoms with Gasteiger partial charge in [-0.2, -0.15) is 0 Å². The number of tetrazole rings is 1. The van der Waals surface area contributed by atoms with Gasteiger partial charge in [0.1, 0.15) is 11.4 Å². The SMILES string of the molecule is Cn1nnnc1SC/C=C/C1=C(C(=O)[O-])N2C(=O)[C@@H](NC(=O)Cc3cccs3)[C@H]2SC1.[Na+]. The van der Waals surface area contributed by atoms with Gasteiger partial charge in [0.15, 0.2) is 0 Å². The molecule has 10 nitrogen and oxygen atoms in total. The number of fused-ring (bicyclic) bond motifs is 1. The number of β-lactam (4-membered cyclic amide) rings is 1. The number of rotatable bonds is 8. The zero-order valence-electron chi connectivity index (χ0n) is 17.3. The molecular weight excluding hydrogens is 483 g/mol. The third kappa shape index (κ3) is 5.29. The van der Waals surface area contributed by atoms with Gasteiger partial charge in [0, 0.05) is 23.4 Å². The number of thiophene rings is 1. The Morgan fingerprint density at radius 3 is 2.91 bits per heavy atom. The fourth-order valence-corrected chi connectivity index (χ4v) is 5.89. The second-order valence-corrected chi connectivity index (χ2v) is 9.80. The van der Waals surface area contributed by atoms with Gasteiger partial charge in [-0.25, -0.2) is 4.68 Å². The van der Waals surface area contributed by atoms with Crippen molar-refractivity contribution in [3.05, 3.63) is 45.8 Å². The van der Waals surface area contributed by atoms with E-state index < -0.39 is 23.3 Å². The molecule has 0 spiro atoms. The monoisotopic (exact) mass is 500 g/mol. The summed E-state index contributed by atoms with van der Waals surface area (Å²) in [4.78, 5) is 38.8. The van der Waals surface area contributed by atoms with Crippen molar-refractivity contribution in [2.45, 2.75) is 23.0 Å². The molecular formula is C18H17N6NaO4S3. The minimum absolute atomic E-state index is 0. The topological polar surface area (TPSA) is 133 Å². The molecule has 14 heteroatoms. The maximum Gasteiger partial charge on any atom is 1.00 e. The number of nitrogens with zero attached hydrogens (tertiary/aromatic N) is 5. The number of carbonyl (C=O) groups excluding carboxylic acids is 3. The van der Waals surface area contributed by atoms with Gasteiger partial charge in [-0.05, 0) is 27.4 Å².